The second-order valence-electron chi connectivity index (χ2n) is 7.47. The number of hydrogen-bond donors (Lipinski definition) is 1. The number of nitrogens with two attached hydrogens (primary N) is 1. The van der Waals surface area contributed by atoms with Gasteiger partial charge in [-0.15, -0.1) is 11.8 Å². The molecule has 0 radical (unpaired) electrons. The molecule has 2 saturated heterocycles. The predicted molar refractivity (Wildman–Crippen MR) is 85.8 cm³/mol. The Balaban J connectivity index is 2.03. The van der Waals surface area contributed by atoms with Gasteiger partial charge in [0.25, 0.3) is 0 Å². The molecule has 2 rings (SSSR count). The van der Waals surface area contributed by atoms with Crippen molar-refractivity contribution in [2.24, 2.45) is 17.1 Å². The average molecular weight is 313 g/mol. The summed E-state index contributed by atoms with van der Waals surface area (Å²) in [6, 6.07) is -0.444. The third-order valence-electron chi connectivity index (χ3n) is 4.26. The highest BCUT2D eigenvalue weighted by atomic mass is 32.2. The normalized spacial score (nSPS) is 22.6. The third-order valence-corrected chi connectivity index (χ3v) is 5.66. The fourth-order valence-electron chi connectivity index (χ4n) is 2.76. The molecule has 0 aromatic carbocycles. The van der Waals surface area contributed by atoms with E-state index in [0.717, 1.165) is 12.3 Å². The molecule has 5 nitrogen and oxygen atoms in total. The summed E-state index contributed by atoms with van der Waals surface area (Å²) in [4.78, 5) is 28.4. The van der Waals surface area contributed by atoms with Crippen LogP contribution >= 0.6 is 11.8 Å². The van der Waals surface area contributed by atoms with Gasteiger partial charge in [-0.2, -0.15) is 0 Å². The van der Waals surface area contributed by atoms with Gasteiger partial charge in [0.05, 0.1) is 19.1 Å². The van der Waals surface area contributed by atoms with Gasteiger partial charge in [0, 0.05) is 17.7 Å². The van der Waals surface area contributed by atoms with Gasteiger partial charge in [-0.1, -0.05) is 34.6 Å². The van der Waals surface area contributed by atoms with E-state index >= 15 is 0 Å². The van der Waals surface area contributed by atoms with E-state index in [1.165, 1.54) is 0 Å². The summed E-state index contributed by atoms with van der Waals surface area (Å²) in [6.07, 6.45) is 0. The largest absolute Gasteiger partial charge is 0.335 e. The van der Waals surface area contributed by atoms with Crippen LogP contribution < -0.4 is 5.73 Å². The van der Waals surface area contributed by atoms with Crippen molar-refractivity contribution in [3.8, 4) is 0 Å². The van der Waals surface area contributed by atoms with Crippen molar-refractivity contribution in [3.05, 3.63) is 0 Å². The van der Waals surface area contributed by atoms with E-state index in [2.05, 4.69) is 0 Å². The Morgan fingerprint density at radius 2 is 1.81 bits per heavy atom. The van der Waals surface area contributed by atoms with Crippen molar-refractivity contribution >= 4 is 23.6 Å². The van der Waals surface area contributed by atoms with Crippen LogP contribution in [0.4, 0.5) is 0 Å². The standard InChI is InChI=1S/C15H27N3O2S/c1-10(2)11(16)12(19)17-8-15(9-17)18(6-7-21-15)13(20)14(3,4)5/h10-11H,6-9,16H2,1-5H3/t11-/m0/s1. The zero-order chi connectivity index (χ0) is 16.0. The maximum Gasteiger partial charge on any atom is 0.239 e. The van der Waals surface area contributed by atoms with Crippen LogP contribution in [0.5, 0.6) is 0 Å². The molecule has 0 aromatic heterocycles. The molecule has 0 unspecified atom stereocenters. The molecule has 21 heavy (non-hydrogen) atoms. The van der Waals surface area contributed by atoms with Crippen LogP contribution in [0.25, 0.3) is 0 Å². The van der Waals surface area contributed by atoms with Gasteiger partial charge in [0.2, 0.25) is 11.8 Å². The van der Waals surface area contributed by atoms with Gasteiger partial charge in [-0.25, -0.2) is 0 Å². The zero-order valence-corrected chi connectivity index (χ0v) is 14.5. The molecule has 2 fully saturated rings. The fraction of sp³-hybridized carbons (Fsp3) is 0.867. The summed E-state index contributed by atoms with van der Waals surface area (Å²) >= 11 is 1.80. The van der Waals surface area contributed by atoms with Crippen molar-refractivity contribution in [3.63, 3.8) is 0 Å². The van der Waals surface area contributed by atoms with Crippen molar-refractivity contribution in [2.45, 2.75) is 45.5 Å². The first-order valence-electron chi connectivity index (χ1n) is 7.59. The molecule has 0 aromatic rings. The molecule has 1 spiro atoms. The Morgan fingerprint density at radius 3 is 2.29 bits per heavy atom. The van der Waals surface area contributed by atoms with E-state index in [9.17, 15) is 9.59 Å². The Hall–Kier alpha value is -0.750. The highest BCUT2D eigenvalue weighted by Gasteiger charge is 2.56. The summed E-state index contributed by atoms with van der Waals surface area (Å²) in [5.74, 6) is 1.26. The molecular weight excluding hydrogens is 286 g/mol. The molecule has 2 aliphatic rings. The van der Waals surface area contributed by atoms with E-state index in [-0.39, 0.29) is 28.0 Å². The predicted octanol–water partition coefficient (Wildman–Crippen LogP) is 1.13. The molecule has 2 aliphatic heterocycles. The van der Waals surface area contributed by atoms with Gasteiger partial charge in [0.15, 0.2) is 0 Å². The number of thioether (sulfide) groups is 1. The molecule has 0 aliphatic carbocycles. The van der Waals surface area contributed by atoms with Crippen molar-refractivity contribution in [1.29, 1.82) is 0 Å². The lowest BCUT2D eigenvalue weighted by atomic mass is 9.92. The number of carbonyl (C=O) groups excluding carboxylic acids is 2. The maximum absolute atomic E-state index is 12.6. The lowest BCUT2D eigenvalue weighted by molar-refractivity contribution is -0.154. The molecule has 2 heterocycles. The quantitative estimate of drug-likeness (QED) is 0.830. The monoisotopic (exact) mass is 313 g/mol. The van der Waals surface area contributed by atoms with E-state index in [4.69, 9.17) is 5.73 Å². The van der Waals surface area contributed by atoms with Crippen LogP contribution in [0.1, 0.15) is 34.6 Å². The second kappa shape index (κ2) is 5.47. The molecule has 0 saturated carbocycles. The minimum absolute atomic E-state index is 0.00582. The molecule has 0 bridgehead atoms. The molecular formula is C15H27N3O2S. The second-order valence-corrected chi connectivity index (χ2v) is 8.92. The van der Waals surface area contributed by atoms with Crippen LogP contribution in [0.15, 0.2) is 0 Å². The summed E-state index contributed by atoms with van der Waals surface area (Å²) in [6.45, 7) is 11.7. The lowest BCUT2D eigenvalue weighted by Gasteiger charge is -2.53. The first kappa shape index (κ1) is 16.6. The Labute approximate surface area is 131 Å². The van der Waals surface area contributed by atoms with Gasteiger partial charge < -0.3 is 15.5 Å². The highest BCUT2D eigenvalue weighted by molar-refractivity contribution is 8.01. The number of carbonyl (C=O) groups is 2. The highest BCUT2D eigenvalue weighted by Crippen LogP contribution is 2.45. The van der Waals surface area contributed by atoms with Crippen LogP contribution in [-0.2, 0) is 9.59 Å². The number of rotatable bonds is 2. The van der Waals surface area contributed by atoms with Crippen molar-refractivity contribution < 1.29 is 9.59 Å². The van der Waals surface area contributed by atoms with Crippen LogP contribution in [-0.4, -0.2) is 57.9 Å². The van der Waals surface area contributed by atoms with Gasteiger partial charge in [0.1, 0.15) is 4.87 Å². The van der Waals surface area contributed by atoms with Crippen molar-refractivity contribution in [2.75, 3.05) is 25.4 Å². The van der Waals surface area contributed by atoms with E-state index < -0.39 is 6.04 Å². The maximum atomic E-state index is 12.6. The lowest BCUT2D eigenvalue weighted by Crippen LogP contribution is -2.71. The van der Waals surface area contributed by atoms with Gasteiger partial charge in [-0.05, 0) is 5.92 Å². The summed E-state index contributed by atoms with van der Waals surface area (Å²) < 4.78 is 0. The molecule has 6 heteroatoms. The van der Waals surface area contributed by atoms with E-state index in [1.807, 2.05) is 39.5 Å². The van der Waals surface area contributed by atoms with Crippen LogP contribution in [0.3, 0.4) is 0 Å². The molecule has 1 atom stereocenters. The molecule has 2 amide bonds. The van der Waals surface area contributed by atoms with E-state index in [0.29, 0.717) is 13.1 Å². The SMILES string of the molecule is CC(C)[C@H](N)C(=O)N1CC2(C1)SCCN2C(=O)C(C)(C)C. The summed E-state index contributed by atoms with van der Waals surface area (Å²) in [5.41, 5.74) is 5.56. The average Bonchev–Trinajstić information content (AvgIpc) is 2.77. The topological polar surface area (TPSA) is 66.6 Å². The minimum atomic E-state index is -0.444. The number of amides is 2. The minimum Gasteiger partial charge on any atom is -0.335 e. The van der Waals surface area contributed by atoms with Gasteiger partial charge >= 0.3 is 0 Å². The Morgan fingerprint density at radius 1 is 1.24 bits per heavy atom. The summed E-state index contributed by atoms with van der Waals surface area (Å²) in [7, 11) is 0. The van der Waals surface area contributed by atoms with Gasteiger partial charge in [-0.3, -0.25) is 9.59 Å². The van der Waals surface area contributed by atoms with Crippen molar-refractivity contribution in [1.82, 2.24) is 9.80 Å². The Bertz CT molecular complexity index is 439. The van der Waals surface area contributed by atoms with Crippen LogP contribution in [0, 0.1) is 11.3 Å². The Kier molecular flexibility index (Phi) is 4.32. The number of hydrogen-bond acceptors (Lipinski definition) is 4. The smallest absolute Gasteiger partial charge is 0.239 e. The van der Waals surface area contributed by atoms with Crippen LogP contribution in [0.2, 0.25) is 0 Å². The van der Waals surface area contributed by atoms with E-state index in [1.54, 1.807) is 16.7 Å². The summed E-state index contributed by atoms with van der Waals surface area (Å²) in [5, 5.41) is 0. The molecule has 2 N–H and O–H groups in total. The first-order valence-corrected chi connectivity index (χ1v) is 8.57. The number of likely N-dealkylation sites (tertiary alicyclic amines) is 1. The molecule has 120 valence electrons. The fourth-order valence-corrected chi connectivity index (χ4v) is 4.24. The third kappa shape index (κ3) is 2.93. The number of nitrogens with zero attached hydrogens (tertiary/aromatic N) is 2. The zero-order valence-electron chi connectivity index (χ0n) is 13.7. The first-order chi connectivity index (χ1) is 9.58.